The first kappa shape index (κ1) is 25.5. The van der Waals surface area contributed by atoms with Gasteiger partial charge in [-0.25, -0.2) is 13.4 Å². The standard InChI is InChI=1S/C26H31N3O4S2/c1-4-21-7-5-6-14-29(21)35(31,32)23-11-8-20(9-12-23)27-25(30)17-34-26-18(2)15-19-16-22(33-3)10-13-24(19)28-26/h8-13,15-16,21H,4-7,14,17H2,1-3H3,(H,27,30)/t21-/m0/s1. The highest BCUT2D eigenvalue weighted by Crippen LogP contribution is 2.29. The molecule has 0 spiro atoms. The molecule has 7 nitrogen and oxygen atoms in total. The zero-order valence-electron chi connectivity index (χ0n) is 20.3. The highest BCUT2D eigenvalue weighted by molar-refractivity contribution is 8.00. The van der Waals surface area contributed by atoms with Crippen LogP contribution in [-0.2, 0) is 14.8 Å². The van der Waals surface area contributed by atoms with Crippen molar-refractivity contribution in [2.75, 3.05) is 24.7 Å². The Hall–Kier alpha value is -2.62. The van der Waals surface area contributed by atoms with Crippen LogP contribution in [0.4, 0.5) is 5.69 Å². The molecule has 1 amide bonds. The third-order valence-electron chi connectivity index (χ3n) is 6.30. The summed E-state index contributed by atoms with van der Waals surface area (Å²) in [6.07, 6.45) is 3.67. The summed E-state index contributed by atoms with van der Waals surface area (Å²) in [7, 11) is -1.91. The van der Waals surface area contributed by atoms with E-state index in [-0.39, 0.29) is 22.6 Å². The van der Waals surface area contributed by atoms with Crippen LogP contribution in [0.15, 0.2) is 58.5 Å². The molecule has 1 aliphatic heterocycles. The number of sulfonamides is 1. The first-order valence-electron chi connectivity index (χ1n) is 11.8. The van der Waals surface area contributed by atoms with Gasteiger partial charge in [0.1, 0.15) is 10.8 Å². The van der Waals surface area contributed by atoms with Crippen LogP contribution in [0.1, 0.15) is 38.2 Å². The van der Waals surface area contributed by atoms with Crippen molar-refractivity contribution in [3.8, 4) is 5.75 Å². The summed E-state index contributed by atoms with van der Waals surface area (Å²) in [5.41, 5.74) is 2.40. The summed E-state index contributed by atoms with van der Waals surface area (Å²) in [5, 5.41) is 4.63. The third kappa shape index (κ3) is 5.79. The Morgan fingerprint density at radius 1 is 1.17 bits per heavy atom. The van der Waals surface area contributed by atoms with Gasteiger partial charge in [-0.2, -0.15) is 4.31 Å². The molecule has 9 heteroatoms. The molecule has 3 aromatic rings. The minimum absolute atomic E-state index is 0.0550. The summed E-state index contributed by atoms with van der Waals surface area (Å²) in [4.78, 5) is 17.5. The van der Waals surface area contributed by atoms with Crippen molar-refractivity contribution in [2.24, 2.45) is 0 Å². The quantitative estimate of drug-likeness (QED) is 0.415. The molecule has 1 aliphatic rings. The van der Waals surface area contributed by atoms with Crippen LogP contribution in [0.25, 0.3) is 10.9 Å². The molecule has 0 aliphatic carbocycles. The second-order valence-corrected chi connectivity index (χ2v) is 11.6. The predicted octanol–water partition coefficient (Wildman–Crippen LogP) is 5.24. The molecule has 186 valence electrons. The first-order valence-corrected chi connectivity index (χ1v) is 14.2. The third-order valence-corrected chi connectivity index (χ3v) is 9.35. The first-order chi connectivity index (χ1) is 16.8. The molecule has 35 heavy (non-hydrogen) atoms. The van der Waals surface area contributed by atoms with Gasteiger partial charge in [-0.1, -0.05) is 25.1 Å². The van der Waals surface area contributed by atoms with E-state index >= 15 is 0 Å². The zero-order chi connectivity index (χ0) is 25.0. The Morgan fingerprint density at radius 2 is 1.94 bits per heavy atom. The number of fused-ring (bicyclic) bond motifs is 1. The molecule has 4 rings (SSSR count). The van der Waals surface area contributed by atoms with Crippen molar-refractivity contribution in [1.82, 2.24) is 9.29 Å². The van der Waals surface area contributed by atoms with Crippen LogP contribution in [0, 0.1) is 6.92 Å². The van der Waals surface area contributed by atoms with Gasteiger partial charge in [0.15, 0.2) is 0 Å². The predicted molar refractivity (Wildman–Crippen MR) is 141 cm³/mol. The number of amides is 1. The number of aryl methyl sites for hydroxylation is 1. The smallest absolute Gasteiger partial charge is 0.243 e. The van der Waals surface area contributed by atoms with Gasteiger partial charge >= 0.3 is 0 Å². The molecular formula is C26H31N3O4S2. The molecule has 0 bridgehead atoms. The van der Waals surface area contributed by atoms with Crippen molar-refractivity contribution in [2.45, 2.75) is 55.5 Å². The molecule has 1 aromatic heterocycles. The van der Waals surface area contributed by atoms with Crippen molar-refractivity contribution >= 4 is 44.3 Å². The van der Waals surface area contributed by atoms with E-state index in [0.29, 0.717) is 12.2 Å². The number of hydrogen-bond acceptors (Lipinski definition) is 6. The van der Waals surface area contributed by atoms with E-state index in [9.17, 15) is 13.2 Å². The van der Waals surface area contributed by atoms with E-state index in [0.717, 1.165) is 52.9 Å². The van der Waals surface area contributed by atoms with E-state index < -0.39 is 10.0 Å². The summed E-state index contributed by atoms with van der Waals surface area (Å²) in [6.45, 7) is 4.56. The second-order valence-electron chi connectivity index (χ2n) is 8.70. The number of methoxy groups -OCH3 is 1. The molecule has 2 heterocycles. The molecule has 1 atom stereocenters. The van der Waals surface area contributed by atoms with E-state index in [2.05, 4.69) is 10.3 Å². The van der Waals surface area contributed by atoms with Crippen LogP contribution >= 0.6 is 11.8 Å². The van der Waals surface area contributed by atoms with Gasteiger partial charge in [0.2, 0.25) is 15.9 Å². The van der Waals surface area contributed by atoms with Crippen LogP contribution in [0.5, 0.6) is 5.75 Å². The van der Waals surface area contributed by atoms with Crippen molar-refractivity contribution < 1.29 is 17.9 Å². The minimum Gasteiger partial charge on any atom is -0.497 e. The van der Waals surface area contributed by atoms with Gasteiger partial charge in [0.25, 0.3) is 0 Å². The number of carbonyl (C=O) groups excluding carboxylic acids is 1. The number of hydrogen-bond donors (Lipinski definition) is 1. The second kappa shape index (κ2) is 11.0. The largest absolute Gasteiger partial charge is 0.497 e. The highest BCUT2D eigenvalue weighted by Gasteiger charge is 2.32. The number of aromatic nitrogens is 1. The average molecular weight is 514 g/mol. The lowest BCUT2D eigenvalue weighted by atomic mass is 10.0. The number of rotatable bonds is 8. The Kier molecular flexibility index (Phi) is 7.98. The average Bonchev–Trinajstić information content (AvgIpc) is 2.87. The number of anilines is 1. The summed E-state index contributed by atoms with van der Waals surface area (Å²) in [6, 6.07) is 14.2. The summed E-state index contributed by atoms with van der Waals surface area (Å²) < 4.78 is 33.2. The van der Waals surface area contributed by atoms with Crippen LogP contribution in [-0.4, -0.2) is 49.1 Å². The van der Waals surface area contributed by atoms with Gasteiger partial charge < -0.3 is 10.1 Å². The molecule has 1 saturated heterocycles. The zero-order valence-corrected chi connectivity index (χ0v) is 21.9. The summed E-state index contributed by atoms with van der Waals surface area (Å²) in [5.74, 6) is 0.795. The maximum absolute atomic E-state index is 13.1. The van der Waals surface area contributed by atoms with Gasteiger partial charge in [0.05, 0.1) is 23.3 Å². The fourth-order valence-electron chi connectivity index (χ4n) is 4.39. The summed E-state index contributed by atoms with van der Waals surface area (Å²) >= 11 is 1.37. The lowest BCUT2D eigenvalue weighted by Crippen LogP contribution is -2.43. The van der Waals surface area contributed by atoms with Gasteiger partial charge in [-0.05, 0) is 80.3 Å². The van der Waals surface area contributed by atoms with Crippen LogP contribution in [0.2, 0.25) is 0 Å². The van der Waals surface area contributed by atoms with Crippen molar-refractivity contribution in [1.29, 1.82) is 0 Å². The number of thioether (sulfide) groups is 1. The number of ether oxygens (including phenoxy) is 1. The molecule has 0 saturated carbocycles. The van der Waals surface area contributed by atoms with Gasteiger partial charge in [0, 0.05) is 23.7 Å². The number of piperidine rings is 1. The van der Waals surface area contributed by atoms with E-state index in [1.54, 1.807) is 35.7 Å². The Bertz CT molecular complexity index is 1310. The molecule has 0 unspecified atom stereocenters. The van der Waals surface area contributed by atoms with E-state index in [1.165, 1.54) is 11.8 Å². The Labute approximate surface area is 211 Å². The number of pyridine rings is 1. The number of nitrogens with one attached hydrogen (secondary N) is 1. The lowest BCUT2D eigenvalue weighted by molar-refractivity contribution is -0.113. The Balaban J connectivity index is 1.39. The van der Waals surface area contributed by atoms with Gasteiger partial charge in [-0.15, -0.1) is 0 Å². The van der Waals surface area contributed by atoms with Crippen molar-refractivity contribution in [3.63, 3.8) is 0 Å². The number of nitrogens with zero attached hydrogens (tertiary/aromatic N) is 2. The lowest BCUT2D eigenvalue weighted by Gasteiger charge is -2.34. The number of benzene rings is 2. The fourth-order valence-corrected chi connectivity index (χ4v) is 6.95. The maximum atomic E-state index is 13.1. The number of carbonyl (C=O) groups is 1. The van der Waals surface area contributed by atoms with E-state index in [1.807, 2.05) is 38.1 Å². The minimum atomic E-state index is -3.54. The topological polar surface area (TPSA) is 88.6 Å². The highest BCUT2D eigenvalue weighted by atomic mass is 32.2. The van der Waals surface area contributed by atoms with Gasteiger partial charge in [-0.3, -0.25) is 4.79 Å². The molecule has 2 aromatic carbocycles. The SMILES string of the molecule is CC[C@H]1CCCCN1S(=O)(=O)c1ccc(NC(=O)CSc2nc3ccc(OC)cc3cc2C)cc1. The molecule has 0 radical (unpaired) electrons. The molecule has 1 N–H and O–H groups in total. The molecular weight excluding hydrogens is 482 g/mol. The maximum Gasteiger partial charge on any atom is 0.243 e. The molecule has 1 fully saturated rings. The van der Waals surface area contributed by atoms with Crippen molar-refractivity contribution in [3.05, 3.63) is 54.1 Å². The normalized spacial score (nSPS) is 16.8. The fraction of sp³-hybridized carbons (Fsp3) is 0.385. The van der Waals surface area contributed by atoms with Crippen LogP contribution in [0.3, 0.4) is 0 Å². The Morgan fingerprint density at radius 3 is 2.66 bits per heavy atom. The van der Waals surface area contributed by atoms with E-state index in [4.69, 9.17) is 4.74 Å². The monoisotopic (exact) mass is 513 g/mol. The van der Waals surface area contributed by atoms with Crippen LogP contribution < -0.4 is 10.1 Å².